The highest BCUT2D eigenvalue weighted by atomic mass is 35.5. The zero-order valence-electron chi connectivity index (χ0n) is 21.3. The third-order valence-electron chi connectivity index (χ3n) is 6.86. The molecular formula is C28H25Cl2FN4O4S. The molecule has 0 spiro atoms. The maximum atomic E-state index is 13.8. The van der Waals surface area contributed by atoms with Crippen LogP contribution in [0.3, 0.4) is 0 Å². The summed E-state index contributed by atoms with van der Waals surface area (Å²) in [6, 6.07) is 16.6. The molecule has 12 heteroatoms. The molecule has 1 aromatic heterocycles. The van der Waals surface area contributed by atoms with Gasteiger partial charge in [0.15, 0.2) is 9.84 Å². The van der Waals surface area contributed by atoms with Crippen LogP contribution in [0.15, 0.2) is 71.6 Å². The van der Waals surface area contributed by atoms with E-state index < -0.39 is 27.6 Å². The number of aromatic amines is 1. The number of nitrogens with one attached hydrogen (secondary N) is 2. The molecule has 3 aromatic carbocycles. The maximum absolute atomic E-state index is 13.8. The molecule has 0 radical (unpaired) electrons. The van der Waals surface area contributed by atoms with E-state index >= 15 is 0 Å². The van der Waals surface area contributed by atoms with Crippen molar-refractivity contribution in [2.45, 2.75) is 10.9 Å². The van der Waals surface area contributed by atoms with Crippen LogP contribution in [0, 0.1) is 5.82 Å². The Morgan fingerprint density at radius 2 is 1.68 bits per heavy atom. The van der Waals surface area contributed by atoms with Gasteiger partial charge in [0.2, 0.25) is 5.91 Å². The van der Waals surface area contributed by atoms with Crippen LogP contribution in [0.2, 0.25) is 10.2 Å². The number of H-pyrrole nitrogens is 1. The number of hydrogen-bond acceptors (Lipinski definition) is 5. The number of aromatic nitrogens is 1. The van der Waals surface area contributed by atoms with Crippen LogP contribution in [0.25, 0.3) is 10.9 Å². The monoisotopic (exact) mass is 602 g/mol. The average molecular weight is 604 g/mol. The number of halogens is 3. The molecule has 1 saturated heterocycles. The van der Waals surface area contributed by atoms with E-state index in [1.54, 1.807) is 47.4 Å². The number of anilines is 1. The van der Waals surface area contributed by atoms with Crippen molar-refractivity contribution in [2.24, 2.45) is 0 Å². The van der Waals surface area contributed by atoms with Gasteiger partial charge in [-0.2, -0.15) is 0 Å². The Hall–Kier alpha value is -3.60. The smallest absolute Gasteiger partial charge is 0.252 e. The van der Waals surface area contributed by atoms with E-state index in [0.29, 0.717) is 45.8 Å². The number of nitrogens with zero attached hydrogens (tertiary/aromatic N) is 2. The summed E-state index contributed by atoms with van der Waals surface area (Å²) in [5, 5.41) is 4.18. The Morgan fingerprint density at radius 3 is 2.35 bits per heavy atom. The van der Waals surface area contributed by atoms with E-state index in [-0.39, 0.29) is 29.0 Å². The van der Waals surface area contributed by atoms with Crippen LogP contribution in [0.5, 0.6) is 0 Å². The highest BCUT2D eigenvalue weighted by molar-refractivity contribution is 7.90. The fourth-order valence-electron chi connectivity index (χ4n) is 4.82. The number of benzene rings is 3. The van der Waals surface area contributed by atoms with Crippen molar-refractivity contribution in [3.63, 3.8) is 0 Å². The highest BCUT2D eigenvalue weighted by Crippen LogP contribution is 2.32. The van der Waals surface area contributed by atoms with Gasteiger partial charge in [0, 0.05) is 48.9 Å². The largest absolute Gasteiger partial charge is 0.367 e. The summed E-state index contributed by atoms with van der Waals surface area (Å²) < 4.78 is 38.3. The number of sulfone groups is 1. The Bertz CT molecular complexity index is 1700. The molecule has 4 aromatic rings. The molecule has 0 aliphatic carbocycles. The van der Waals surface area contributed by atoms with Crippen LogP contribution in [0.4, 0.5) is 10.1 Å². The van der Waals surface area contributed by atoms with Crippen LogP contribution < -0.4 is 10.2 Å². The summed E-state index contributed by atoms with van der Waals surface area (Å²) in [7, 11) is -3.67. The van der Waals surface area contributed by atoms with Crippen molar-refractivity contribution in [1.29, 1.82) is 0 Å². The first-order chi connectivity index (χ1) is 19.0. The molecule has 0 saturated carbocycles. The third-order valence-corrected chi connectivity index (χ3v) is 8.76. The number of piperazine rings is 1. The molecule has 0 bridgehead atoms. The van der Waals surface area contributed by atoms with E-state index in [9.17, 15) is 22.4 Å². The fraction of sp³-hybridized carbons (Fsp3) is 0.214. The van der Waals surface area contributed by atoms with Crippen molar-refractivity contribution in [3.8, 4) is 0 Å². The molecule has 1 aliphatic heterocycles. The molecular weight excluding hydrogens is 578 g/mol. The van der Waals surface area contributed by atoms with E-state index in [2.05, 4.69) is 10.3 Å². The predicted octanol–water partition coefficient (Wildman–Crippen LogP) is 4.84. The molecule has 2 amide bonds. The van der Waals surface area contributed by atoms with Crippen molar-refractivity contribution in [2.75, 3.05) is 37.3 Å². The maximum Gasteiger partial charge on any atom is 0.252 e. The van der Waals surface area contributed by atoms with Crippen LogP contribution in [-0.2, 0) is 14.6 Å². The molecule has 0 unspecified atom stereocenters. The van der Waals surface area contributed by atoms with E-state index in [1.807, 2.05) is 11.0 Å². The average Bonchev–Trinajstić information content (AvgIpc) is 3.23. The number of carbonyl (C=O) groups excluding carboxylic acids is 2. The second kappa shape index (κ2) is 11.1. The molecule has 1 aliphatic rings. The summed E-state index contributed by atoms with van der Waals surface area (Å²) in [5.74, 6) is -1.39. The lowest BCUT2D eigenvalue weighted by atomic mass is 10.0. The first kappa shape index (κ1) is 27.9. The number of carbonyl (C=O) groups is 2. The number of amides is 2. The summed E-state index contributed by atoms with van der Waals surface area (Å²) in [5.41, 5.74) is 1.93. The third kappa shape index (κ3) is 5.65. The summed E-state index contributed by atoms with van der Waals surface area (Å²) in [6.45, 7) is 1.23. The Labute approximate surface area is 240 Å². The molecule has 208 valence electrons. The van der Waals surface area contributed by atoms with Gasteiger partial charge in [0.05, 0.1) is 15.6 Å². The minimum Gasteiger partial charge on any atom is -0.367 e. The lowest BCUT2D eigenvalue weighted by Crippen LogP contribution is -2.52. The number of fused-ring (bicyclic) bond motifs is 1. The highest BCUT2D eigenvalue weighted by Gasteiger charge is 2.31. The van der Waals surface area contributed by atoms with Crippen LogP contribution in [-0.4, -0.2) is 62.6 Å². The lowest BCUT2D eigenvalue weighted by molar-refractivity contribution is -0.133. The van der Waals surface area contributed by atoms with E-state index in [0.717, 1.165) is 12.3 Å². The van der Waals surface area contributed by atoms with Gasteiger partial charge in [-0.3, -0.25) is 9.59 Å². The van der Waals surface area contributed by atoms with Gasteiger partial charge in [0.25, 0.3) is 5.91 Å². The predicted molar refractivity (Wildman–Crippen MR) is 153 cm³/mol. The first-order valence-electron chi connectivity index (χ1n) is 12.4. The summed E-state index contributed by atoms with van der Waals surface area (Å²) >= 11 is 12.3. The van der Waals surface area contributed by atoms with Gasteiger partial charge >= 0.3 is 0 Å². The van der Waals surface area contributed by atoms with Crippen molar-refractivity contribution < 1.29 is 22.4 Å². The molecule has 5 rings (SSSR count). The number of hydrogen-bond donors (Lipinski definition) is 2. The van der Waals surface area contributed by atoms with Crippen molar-refractivity contribution in [3.05, 3.63) is 93.8 Å². The SMILES string of the molecule is CS(=O)(=O)c1cc(F)ccc1N1CCN(C(=O)[C@H](NC(=O)c2ccc3c(Cl)c(Cl)[nH]c3c2)c2ccccc2)CC1. The quantitative estimate of drug-likeness (QED) is 0.329. The lowest BCUT2D eigenvalue weighted by Gasteiger charge is -2.38. The topological polar surface area (TPSA) is 103 Å². The molecule has 8 nitrogen and oxygen atoms in total. The van der Waals surface area contributed by atoms with Gasteiger partial charge < -0.3 is 20.1 Å². The van der Waals surface area contributed by atoms with E-state index in [4.69, 9.17) is 23.2 Å². The standard InChI is InChI=1S/C28H25Cl2FN4O4S/c1-40(38,39)23-16-19(31)8-10-22(23)34-11-13-35(14-12-34)28(37)25(17-5-3-2-4-6-17)33-27(36)18-7-9-20-21(15-18)32-26(30)24(20)29/h2-10,15-16,25,32H,11-14H2,1H3,(H,33,36)/t25-/m1/s1. The van der Waals surface area contributed by atoms with Gasteiger partial charge in [-0.15, -0.1) is 0 Å². The second-order valence-corrected chi connectivity index (χ2v) is 12.3. The molecule has 1 atom stereocenters. The summed E-state index contributed by atoms with van der Waals surface area (Å²) in [6.07, 6.45) is 1.04. The van der Waals surface area contributed by atoms with Gasteiger partial charge in [0.1, 0.15) is 17.0 Å². The Kier molecular flexibility index (Phi) is 7.76. The van der Waals surface area contributed by atoms with Gasteiger partial charge in [-0.1, -0.05) is 59.6 Å². The van der Waals surface area contributed by atoms with Crippen LogP contribution in [0.1, 0.15) is 22.0 Å². The zero-order chi connectivity index (χ0) is 28.6. The van der Waals surface area contributed by atoms with E-state index in [1.165, 1.54) is 12.1 Å². The van der Waals surface area contributed by atoms with Gasteiger partial charge in [-0.25, -0.2) is 12.8 Å². The molecule has 2 N–H and O–H groups in total. The Balaban J connectivity index is 1.35. The second-order valence-electron chi connectivity index (χ2n) is 9.53. The molecule has 1 fully saturated rings. The van der Waals surface area contributed by atoms with Crippen LogP contribution >= 0.6 is 23.2 Å². The first-order valence-corrected chi connectivity index (χ1v) is 15.0. The minimum absolute atomic E-state index is 0.0942. The normalized spacial score (nSPS) is 14.8. The van der Waals surface area contributed by atoms with Crippen molar-refractivity contribution >= 4 is 61.4 Å². The molecule has 40 heavy (non-hydrogen) atoms. The van der Waals surface area contributed by atoms with Crippen molar-refractivity contribution in [1.82, 2.24) is 15.2 Å². The number of rotatable bonds is 6. The minimum atomic E-state index is -3.67. The summed E-state index contributed by atoms with van der Waals surface area (Å²) in [4.78, 5) is 33.3. The van der Waals surface area contributed by atoms with Gasteiger partial charge in [-0.05, 0) is 35.9 Å². The molecule has 2 heterocycles. The zero-order valence-corrected chi connectivity index (χ0v) is 23.7. The fourth-order valence-corrected chi connectivity index (χ4v) is 6.14. The Morgan fingerprint density at radius 1 is 0.975 bits per heavy atom.